The highest BCUT2D eigenvalue weighted by atomic mass is 16.5. The van der Waals surface area contributed by atoms with E-state index in [1.54, 1.807) is 0 Å². The van der Waals surface area contributed by atoms with Gasteiger partial charge in [-0.15, -0.1) is 0 Å². The second-order valence-electron chi connectivity index (χ2n) is 5.47. The molecule has 1 aromatic heterocycles. The molecule has 0 spiro atoms. The van der Waals surface area contributed by atoms with E-state index in [0.717, 1.165) is 43.9 Å². The molecule has 0 radical (unpaired) electrons. The maximum Gasteiger partial charge on any atom is 0.228 e. The zero-order chi connectivity index (χ0) is 15.1. The van der Waals surface area contributed by atoms with E-state index in [2.05, 4.69) is 48.4 Å². The summed E-state index contributed by atoms with van der Waals surface area (Å²) in [5.74, 6) is 1.50. The minimum Gasteiger partial charge on any atom is -0.339 e. The molecule has 0 saturated heterocycles. The fourth-order valence-electron chi connectivity index (χ4n) is 2.34. The molecule has 21 heavy (non-hydrogen) atoms. The first-order chi connectivity index (χ1) is 10.2. The molecule has 0 aliphatic rings. The molecule has 1 heterocycles. The van der Waals surface area contributed by atoms with Crippen molar-refractivity contribution in [3.8, 4) is 0 Å². The predicted octanol–water partition coefficient (Wildman–Crippen LogP) is 3.29. The largest absolute Gasteiger partial charge is 0.339 e. The molecule has 0 aliphatic heterocycles. The molecule has 4 nitrogen and oxygen atoms in total. The van der Waals surface area contributed by atoms with Crippen LogP contribution < -0.4 is 5.32 Å². The van der Waals surface area contributed by atoms with Crippen molar-refractivity contribution in [3.63, 3.8) is 0 Å². The molecule has 1 atom stereocenters. The summed E-state index contributed by atoms with van der Waals surface area (Å²) in [6.07, 6.45) is 3.74. The van der Waals surface area contributed by atoms with Gasteiger partial charge in [0.15, 0.2) is 5.82 Å². The van der Waals surface area contributed by atoms with Crippen LogP contribution in [0.1, 0.15) is 49.5 Å². The molecule has 0 fully saturated rings. The maximum absolute atomic E-state index is 5.39. The minimum absolute atomic E-state index is 0.414. The Morgan fingerprint density at radius 2 is 2.05 bits per heavy atom. The van der Waals surface area contributed by atoms with Gasteiger partial charge in [-0.1, -0.05) is 43.3 Å². The number of aryl methyl sites for hydroxylation is 1. The summed E-state index contributed by atoms with van der Waals surface area (Å²) in [5.41, 5.74) is 2.51. The molecule has 0 bridgehead atoms. The molecular weight excluding hydrogens is 262 g/mol. The standard InChI is InChI=1S/C17H25N3O/c1-4-10-18-15(5-2)12-17-19-16(20-21-17)11-14-9-7-6-8-13(14)3/h6-9,15,18H,4-5,10-12H2,1-3H3. The lowest BCUT2D eigenvalue weighted by molar-refractivity contribution is 0.350. The summed E-state index contributed by atoms with van der Waals surface area (Å²) in [6.45, 7) is 7.49. The van der Waals surface area contributed by atoms with Crippen LogP contribution in [0.2, 0.25) is 0 Å². The van der Waals surface area contributed by atoms with Crippen molar-refractivity contribution in [2.75, 3.05) is 6.54 Å². The van der Waals surface area contributed by atoms with Crippen LogP contribution in [0, 0.1) is 6.92 Å². The zero-order valence-corrected chi connectivity index (χ0v) is 13.2. The maximum atomic E-state index is 5.39. The van der Waals surface area contributed by atoms with Gasteiger partial charge in [-0.3, -0.25) is 0 Å². The van der Waals surface area contributed by atoms with Gasteiger partial charge in [0.1, 0.15) is 0 Å². The number of rotatable bonds is 8. The lowest BCUT2D eigenvalue weighted by Crippen LogP contribution is -2.31. The van der Waals surface area contributed by atoms with Crippen LogP contribution in [0.5, 0.6) is 0 Å². The Balaban J connectivity index is 1.96. The first-order valence-electron chi connectivity index (χ1n) is 7.82. The highest BCUT2D eigenvalue weighted by Gasteiger charge is 2.13. The molecule has 4 heteroatoms. The summed E-state index contributed by atoms with van der Waals surface area (Å²) in [4.78, 5) is 4.52. The second-order valence-corrected chi connectivity index (χ2v) is 5.47. The van der Waals surface area contributed by atoms with E-state index in [-0.39, 0.29) is 0 Å². The van der Waals surface area contributed by atoms with Gasteiger partial charge in [0, 0.05) is 18.9 Å². The monoisotopic (exact) mass is 287 g/mol. The van der Waals surface area contributed by atoms with E-state index in [1.165, 1.54) is 11.1 Å². The molecular formula is C17H25N3O. The topological polar surface area (TPSA) is 51.0 Å². The molecule has 0 saturated carbocycles. The van der Waals surface area contributed by atoms with Gasteiger partial charge in [0.05, 0.1) is 0 Å². The normalized spacial score (nSPS) is 12.5. The fraction of sp³-hybridized carbons (Fsp3) is 0.529. The summed E-state index contributed by atoms with van der Waals surface area (Å²) in [6, 6.07) is 8.73. The number of aromatic nitrogens is 2. The molecule has 0 amide bonds. The number of hydrogen-bond acceptors (Lipinski definition) is 4. The lowest BCUT2D eigenvalue weighted by Gasteiger charge is -2.13. The molecule has 114 valence electrons. The molecule has 1 aromatic carbocycles. The van der Waals surface area contributed by atoms with Crippen molar-refractivity contribution >= 4 is 0 Å². The quantitative estimate of drug-likeness (QED) is 0.809. The van der Waals surface area contributed by atoms with Gasteiger partial charge in [-0.2, -0.15) is 4.98 Å². The van der Waals surface area contributed by atoms with Crippen molar-refractivity contribution in [3.05, 3.63) is 47.1 Å². The van der Waals surface area contributed by atoms with Crippen molar-refractivity contribution in [2.45, 2.75) is 52.5 Å². The van der Waals surface area contributed by atoms with Gasteiger partial charge in [0.25, 0.3) is 0 Å². The van der Waals surface area contributed by atoms with Gasteiger partial charge in [-0.25, -0.2) is 0 Å². The molecule has 1 N–H and O–H groups in total. The average molecular weight is 287 g/mol. The van der Waals surface area contributed by atoms with E-state index in [0.29, 0.717) is 6.04 Å². The van der Waals surface area contributed by atoms with Crippen LogP contribution in [-0.4, -0.2) is 22.7 Å². The number of nitrogens with zero attached hydrogens (tertiary/aromatic N) is 2. The van der Waals surface area contributed by atoms with Gasteiger partial charge in [0.2, 0.25) is 5.89 Å². The Kier molecular flexibility index (Phi) is 5.93. The van der Waals surface area contributed by atoms with E-state index < -0.39 is 0 Å². The van der Waals surface area contributed by atoms with E-state index in [1.807, 2.05) is 12.1 Å². The summed E-state index contributed by atoms with van der Waals surface area (Å²) >= 11 is 0. The number of benzene rings is 1. The summed E-state index contributed by atoms with van der Waals surface area (Å²) in [7, 11) is 0. The second kappa shape index (κ2) is 7.93. The van der Waals surface area contributed by atoms with Crippen LogP contribution in [-0.2, 0) is 12.8 Å². The Morgan fingerprint density at radius 1 is 1.24 bits per heavy atom. The fourth-order valence-corrected chi connectivity index (χ4v) is 2.34. The van der Waals surface area contributed by atoms with Crippen LogP contribution >= 0.6 is 0 Å². The van der Waals surface area contributed by atoms with Gasteiger partial charge in [-0.05, 0) is 37.4 Å². The van der Waals surface area contributed by atoms with E-state index >= 15 is 0 Å². The van der Waals surface area contributed by atoms with Crippen LogP contribution in [0.25, 0.3) is 0 Å². The highest BCUT2D eigenvalue weighted by molar-refractivity contribution is 5.27. The Bertz CT molecular complexity index is 550. The van der Waals surface area contributed by atoms with Gasteiger partial charge >= 0.3 is 0 Å². The third-order valence-electron chi connectivity index (χ3n) is 3.72. The van der Waals surface area contributed by atoms with E-state index in [9.17, 15) is 0 Å². The van der Waals surface area contributed by atoms with Crippen LogP contribution in [0.15, 0.2) is 28.8 Å². The number of hydrogen-bond donors (Lipinski definition) is 1. The third kappa shape index (κ3) is 4.67. The summed E-state index contributed by atoms with van der Waals surface area (Å²) < 4.78 is 5.39. The van der Waals surface area contributed by atoms with Crippen LogP contribution in [0.4, 0.5) is 0 Å². The van der Waals surface area contributed by atoms with E-state index in [4.69, 9.17) is 4.52 Å². The van der Waals surface area contributed by atoms with Crippen LogP contribution in [0.3, 0.4) is 0 Å². The smallest absolute Gasteiger partial charge is 0.228 e. The average Bonchev–Trinajstić information content (AvgIpc) is 2.93. The Hall–Kier alpha value is -1.68. The minimum atomic E-state index is 0.414. The summed E-state index contributed by atoms with van der Waals surface area (Å²) in [5, 5.41) is 7.61. The first-order valence-corrected chi connectivity index (χ1v) is 7.82. The van der Waals surface area contributed by atoms with Crippen molar-refractivity contribution in [1.29, 1.82) is 0 Å². The van der Waals surface area contributed by atoms with Gasteiger partial charge < -0.3 is 9.84 Å². The highest BCUT2D eigenvalue weighted by Crippen LogP contribution is 2.12. The SMILES string of the molecule is CCCNC(CC)Cc1nc(Cc2ccccc2C)no1. The zero-order valence-electron chi connectivity index (χ0n) is 13.2. The molecule has 2 rings (SSSR count). The van der Waals surface area contributed by atoms with Crippen molar-refractivity contribution in [1.82, 2.24) is 15.5 Å². The molecule has 0 aliphatic carbocycles. The van der Waals surface area contributed by atoms with Crippen molar-refractivity contribution < 1.29 is 4.52 Å². The Labute approximate surface area is 127 Å². The Morgan fingerprint density at radius 3 is 2.76 bits per heavy atom. The molecule has 1 unspecified atom stereocenters. The lowest BCUT2D eigenvalue weighted by atomic mass is 10.1. The first kappa shape index (κ1) is 15.7. The third-order valence-corrected chi connectivity index (χ3v) is 3.72. The molecule has 2 aromatic rings. The predicted molar refractivity (Wildman–Crippen MR) is 84.4 cm³/mol. The van der Waals surface area contributed by atoms with Crippen molar-refractivity contribution in [2.24, 2.45) is 0 Å². The number of nitrogens with one attached hydrogen (secondary N) is 1.